The highest BCUT2D eigenvalue weighted by molar-refractivity contribution is 6.32. The van der Waals surface area contributed by atoms with Crippen molar-refractivity contribution >= 4 is 22.5 Å². The molecule has 3 rings (SSSR count). The first kappa shape index (κ1) is 15.6. The molecule has 22 heavy (non-hydrogen) atoms. The predicted molar refractivity (Wildman–Crippen MR) is 92.7 cm³/mol. The quantitative estimate of drug-likeness (QED) is 0.907. The minimum atomic E-state index is 0.143. The Morgan fingerprint density at radius 2 is 1.95 bits per heavy atom. The largest absolute Gasteiger partial charge is 0.358 e. The smallest absolute Gasteiger partial charge is 0.194 e. The molecule has 1 saturated heterocycles. The molecule has 0 bridgehead atoms. The van der Waals surface area contributed by atoms with Crippen LogP contribution in [0.15, 0.2) is 16.9 Å². The molecule has 0 radical (unpaired) electrons. The van der Waals surface area contributed by atoms with Crippen molar-refractivity contribution in [1.82, 2.24) is 9.88 Å². The van der Waals surface area contributed by atoms with E-state index < -0.39 is 0 Å². The Kier molecular flexibility index (Phi) is 4.28. The van der Waals surface area contributed by atoms with Crippen LogP contribution in [-0.2, 0) is 6.54 Å². The van der Waals surface area contributed by atoms with Crippen LogP contribution < -0.4 is 5.43 Å². The fourth-order valence-electron chi connectivity index (χ4n) is 3.27. The lowest BCUT2D eigenvalue weighted by molar-refractivity contribution is 0.184. The molecule has 1 aliphatic rings. The maximum Gasteiger partial charge on any atom is 0.194 e. The van der Waals surface area contributed by atoms with E-state index in [0.717, 1.165) is 53.3 Å². The fourth-order valence-corrected chi connectivity index (χ4v) is 3.42. The Balaban J connectivity index is 2.00. The highest BCUT2D eigenvalue weighted by atomic mass is 35.5. The Labute approximate surface area is 136 Å². The van der Waals surface area contributed by atoms with Crippen LogP contribution in [0.2, 0.25) is 5.02 Å². The zero-order valence-corrected chi connectivity index (χ0v) is 14.3. The summed E-state index contributed by atoms with van der Waals surface area (Å²) in [5.41, 5.74) is 3.80. The first-order chi connectivity index (χ1) is 10.5. The molecule has 2 aromatic rings. The summed E-state index contributed by atoms with van der Waals surface area (Å²) in [5.74, 6) is 0.803. The first-order valence-corrected chi connectivity index (χ1v) is 8.38. The summed E-state index contributed by atoms with van der Waals surface area (Å²) in [6.45, 7) is 9.15. The van der Waals surface area contributed by atoms with E-state index in [9.17, 15) is 4.79 Å². The van der Waals surface area contributed by atoms with Gasteiger partial charge in [-0.3, -0.25) is 9.69 Å². The Bertz CT molecular complexity index is 758. The number of hydrogen-bond donors (Lipinski definition) is 1. The van der Waals surface area contributed by atoms with Gasteiger partial charge in [-0.25, -0.2) is 0 Å². The molecule has 3 nitrogen and oxygen atoms in total. The van der Waals surface area contributed by atoms with E-state index in [4.69, 9.17) is 11.6 Å². The number of piperidine rings is 1. The van der Waals surface area contributed by atoms with Crippen molar-refractivity contribution in [2.45, 2.75) is 40.2 Å². The number of H-pyrrole nitrogens is 1. The Hall–Kier alpha value is -1.32. The van der Waals surface area contributed by atoms with Gasteiger partial charge in [0, 0.05) is 28.2 Å². The molecule has 2 heterocycles. The van der Waals surface area contributed by atoms with Crippen molar-refractivity contribution in [3.63, 3.8) is 0 Å². The number of aromatic nitrogens is 1. The summed E-state index contributed by atoms with van der Waals surface area (Å²) in [7, 11) is 0. The second-order valence-corrected chi connectivity index (χ2v) is 7.02. The molecule has 1 N–H and O–H groups in total. The maximum atomic E-state index is 12.9. The molecule has 1 aromatic heterocycles. The van der Waals surface area contributed by atoms with Gasteiger partial charge in [-0.1, -0.05) is 18.5 Å². The maximum absolute atomic E-state index is 12.9. The van der Waals surface area contributed by atoms with Crippen molar-refractivity contribution in [2.75, 3.05) is 13.1 Å². The van der Waals surface area contributed by atoms with Crippen molar-refractivity contribution < 1.29 is 0 Å². The lowest BCUT2D eigenvalue weighted by Gasteiger charge is -2.30. The molecule has 0 atom stereocenters. The van der Waals surface area contributed by atoms with E-state index in [0.29, 0.717) is 5.02 Å². The van der Waals surface area contributed by atoms with Crippen molar-refractivity contribution in [1.29, 1.82) is 0 Å². The van der Waals surface area contributed by atoms with E-state index in [1.54, 1.807) is 0 Å². The Morgan fingerprint density at radius 3 is 2.64 bits per heavy atom. The average Bonchev–Trinajstić information content (AvgIpc) is 2.50. The summed E-state index contributed by atoms with van der Waals surface area (Å²) in [4.78, 5) is 18.7. The van der Waals surface area contributed by atoms with E-state index >= 15 is 0 Å². The number of halogens is 1. The minimum absolute atomic E-state index is 0.143. The van der Waals surface area contributed by atoms with Crippen LogP contribution in [0.1, 0.15) is 36.6 Å². The third kappa shape index (κ3) is 2.80. The number of fused-ring (bicyclic) bond motifs is 1. The summed E-state index contributed by atoms with van der Waals surface area (Å²) in [5, 5.41) is 1.44. The number of likely N-dealkylation sites (tertiary alicyclic amines) is 1. The second-order valence-electron chi connectivity index (χ2n) is 6.61. The number of pyridine rings is 1. The van der Waals surface area contributed by atoms with Crippen molar-refractivity contribution in [3.05, 3.63) is 44.2 Å². The van der Waals surface area contributed by atoms with Crippen LogP contribution in [0.5, 0.6) is 0 Å². The van der Waals surface area contributed by atoms with Crippen molar-refractivity contribution in [2.24, 2.45) is 5.92 Å². The summed E-state index contributed by atoms with van der Waals surface area (Å²) in [6.07, 6.45) is 2.44. The van der Waals surface area contributed by atoms with Gasteiger partial charge in [0.25, 0.3) is 0 Å². The number of benzene rings is 1. The van der Waals surface area contributed by atoms with Gasteiger partial charge in [0.1, 0.15) is 0 Å². The SMILES string of the molecule is Cc1[nH]c2c(C)c(Cl)ccc2c(=O)c1CN1CCC(C)CC1. The fraction of sp³-hybridized carbons (Fsp3) is 0.500. The molecule has 118 valence electrons. The van der Waals surface area contributed by atoms with E-state index in [1.807, 2.05) is 26.0 Å². The predicted octanol–water partition coefficient (Wildman–Crippen LogP) is 4.03. The molecule has 1 aliphatic heterocycles. The molecule has 0 unspecified atom stereocenters. The number of aromatic amines is 1. The van der Waals surface area contributed by atoms with E-state index in [1.165, 1.54) is 12.8 Å². The number of aryl methyl sites for hydroxylation is 2. The third-order valence-corrected chi connectivity index (χ3v) is 5.35. The van der Waals surface area contributed by atoms with E-state index in [2.05, 4.69) is 16.8 Å². The highest BCUT2D eigenvalue weighted by Crippen LogP contribution is 2.24. The third-order valence-electron chi connectivity index (χ3n) is 4.94. The van der Waals surface area contributed by atoms with E-state index in [-0.39, 0.29) is 5.43 Å². The summed E-state index contributed by atoms with van der Waals surface area (Å²) in [6, 6.07) is 3.65. The van der Waals surface area contributed by atoms with Crippen LogP contribution in [0.3, 0.4) is 0 Å². The standard InChI is InChI=1S/C18H23ClN2O/c1-11-6-8-21(9-7-11)10-15-13(3)20-17-12(2)16(19)5-4-14(17)18(15)22/h4-5,11H,6-10H2,1-3H3,(H,20,22). The Morgan fingerprint density at radius 1 is 1.27 bits per heavy atom. The minimum Gasteiger partial charge on any atom is -0.358 e. The second kappa shape index (κ2) is 6.05. The van der Waals surface area contributed by atoms with Crippen LogP contribution >= 0.6 is 11.6 Å². The number of hydrogen-bond acceptors (Lipinski definition) is 2. The molecular formula is C18H23ClN2O. The van der Waals surface area contributed by atoms with Crippen LogP contribution in [0, 0.1) is 19.8 Å². The van der Waals surface area contributed by atoms with Crippen molar-refractivity contribution in [3.8, 4) is 0 Å². The van der Waals surface area contributed by atoms with Crippen LogP contribution in [-0.4, -0.2) is 23.0 Å². The van der Waals surface area contributed by atoms with Gasteiger partial charge in [-0.2, -0.15) is 0 Å². The molecule has 1 fully saturated rings. The lowest BCUT2D eigenvalue weighted by atomic mass is 9.98. The molecule has 4 heteroatoms. The van der Waals surface area contributed by atoms with Crippen LogP contribution in [0.25, 0.3) is 10.9 Å². The molecule has 0 aliphatic carbocycles. The molecule has 0 amide bonds. The van der Waals surface area contributed by atoms with Gasteiger partial charge >= 0.3 is 0 Å². The summed E-state index contributed by atoms with van der Waals surface area (Å²) < 4.78 is 0. The molecular weight excluding hydrogens is 296 g/mol. The van der Waals surface area contributed by atoms with Gasteiger partial charge < -0.3 is 4.98 Å². The summed E-state index contributed by atoms with van der Waals surface area (Å²) >= 11 is 6.17. The van der Waals surface area contributed by atoms with Crippen LogP contribution in [0.4, 0.5) is 0 Å². The number of nitrogens with one attached hydrogen (secondary N) is 1. The van der Waals surface area contributed by atoms with Gasteiger partial charge in [0.05, 0.1) is 5.52 Å². The zero-order valence-electron chi connectivity index (χ0n) is 13.5. The molecule has 0 spiro atoms. The zero-order chi connectivity index (χ0) is 15.9. The van der Waals surface area contributed by atoms with Gasteiger partial charge in [0.2, 0.25) is 0 Å². The molecule has 1 aromatic carbocycles. The van der Waals surface area contributed by atoms with Gasteiger partial charge in [-0.15, -0.1) is 0 Å². The normalized spacial score (nSPS) is 17.3. The first-order valence-electron chi connectivity index (χ1n) is 8.00. The highest BCUT2D eigenvalue weighted by Gasteiger charge is 2.19. The lowest BCUT2D eigenvalue weighted by Crippen LogP contribution is -2.34. The average molecular weight is 319 g/mol. The van der Waals surface area contributed by atoms with Gasteiger partial charge in [-0.05, 0) is 63.4 Å². The van der Waals surface area contributed by atoms with Gasteiger partial charge in [0.15, 0.2) is 5.43 Å². The monoisotopic (exact) mass is 318 g/mol. The molecule has 0 saturated carbocycles. The topological polar surface area (TPSA) is 36.1 Å². The number of nitrogens with zero attached hydrogens (tertiary/aromatic N) is 1. The number of rotatable bonds is 2.